The second-order valence-corrected chi connectivity index (χ2v) is 9.14. The summed E-state index contributed by atoms with van der Waals surface area (Å²) in [6, 6.07) is 9.80. The summed E-state index contributed by atoms with van der Waals surface area (Å²) < 4.78 is 5.07. The van der Waals surface area contributed by atoms with Crippen molar-refractivity contribution in [3.05, 3.63) is 73.9 Å². The van der Waals surface area contributed by atoms with Gasteiger partial charge in [-0.05, 0) is 32.2 Å². The lowest BCUT2D eigenvalue weighted by Gasteiger charge is -2.21. The number of hydrogen-bond donors (Lipinski definition) is 1. The van der Waals surface area contributed by atoms with Crippen molar-refractivity contribution < 1.29 is 24.2 Å². The molecule has 4 rings (SSSR count). The van der Waals surface area contributed by atoms with Crippen LogP contribution in [-0.4, -0.2) is 34.4 Å². The van der Waals surface area contributed by atoms with Gasteiger partial charge in [0.15, 0.2) is 5.13 Å². The van der Waals surface area contributed by atoms with Crippen LogP contribution in [0.15, 0.2) is 47.4 Å². The average molecular weight is 469 g/mol. The Labute approximate surface area is 192 Å². The number of ether oxygens (including phenoxy) is 1. The monoisotopic (exact) mass is 468 g/mol. The molecule has 3 aromatic rings. The summed E-state index contributed by atoms with van der Waals surface area (Å²) in [5.41, 5.74) is 1.85. The molecule has 32 heavy (non-hydrogen) atoms. The summed E-state index contributed by atoms with van der Waals surface area (Å²) in [5.74, 6) is -2.38. The van der Waals surface area contributed by atoms with E-state index in [1.54, 1.807) is 32.0 Å². The molecule has 7 nitrogen and oxygen atoms in total. The zero-order valence-electron chi connectivity index (χ0n) is 17.6. The van der Waals surface area contributed by atoms with Crippen LogP contribution in [0.2, 0.25) is 0 Å². The maximum Gasteiger partial charge on any atom is 0.350 e. The van der Waals surface area contributed by atoms with E-state index >= 15 is 0 Å². The van der Waals surface area contributed by atoms with E-state index in [4.69, 9.17) is 4.74 Å². The topological polar surface area (TPSA) is 96.8 Å². The maximum atomic E-state index is 13.1. The number of ketones is 1. The number of amides is 1. The number of aliphatic hydroxyl groups excluding tert-OH is 1. The standard InChI is InChI=1S/C23H20N2O5S2/c1-4-30-22(29)20-13(3)24-23(32-20)25-17(15-6-5-11-31-15)16(19(27)21(25)28)18(26)14-9-7-12(2)8-10-14/h5-11,17,26H,4H2,1-3H3/t17-/m0/s1. The Kier molecular flexibility index (Phi) is 5.94. The van der Waals surface area contributed by atoms with Gasteiger partial charge >= 0.3 is 11.9 Å². The molecule has 1 saturated heterocycles. The van der Waals surface area contributed by atoms with E-state index in [0.29, 0.717) is 16.1 Å². The van der Waals surface area contributed by atoms with Gasteiger partial charge in [-0.15, -0.1) is 11.3 Å². The smallest absolute Gasteiger partial charge is 0.350 e. The number of hydrogen-bond acceptors (Lipinski definition) is 8. The Hall–Kier alpha value is -3.30. The van der Waals surface area contributed by atoms with Gasteiger partial charge in [-0.1, -0.05) is 47.2 Å². The highest BCUT2D eigenvalue weighted by Gasteiger charge is 2.48. The molecule has 0 aliphatic carbocycles. The number of aliphatic hydroxyl groups is 1. The molecule has 164 valence electrons. The van der Waals surface area contributed by atoms with Crippen LogP contribution in [-0.2, 0) is 14.3 Å². The van der Waals surface area contributed by atoms with E-state index in [1.807, 2.05) is 30.5 Å². The second-order valence-electron chi connectivity index (χ2n) is 7.18. The Morgan fingerprint density at radius 2 is 1.91 bits per heavy atom. The lowest BCUT2D eigenvalue weighted by atomic mass is 9.99. The number of aryl methyl sites for hydroxylation is 2. The van der Waals surface area contributed by atoms with Crippen molar-refractivity contribution in [1.29, 1.82) is 0 Å². The van der Waals surface area contributed by atoms with E-state index in [2.05, 4.69) is 4.98 Å². The Bertz CT molecular complexity index is 1230. The third kappa shape index (κ3) is 3.74. The van der Waals surface area contributed by atoms with Crippen molar-refractivity contribution in [3.63, 3.8) is 0 Å². The number of rotatable bonds is 5. The molecule has 0 saturated carbocycles. The zero-order chi connectivity index (χ0) is 23.0. The van der Waals surface area contributed by atoms with Crippen LogP contribution in [0.25, 0.3) is 5.76 Å². The van der Waals surface area contributed by atoms with Gasteiger partial charge in [0.2, 0.25) is 0 Å². The van der Waals surface area contributed by atoms with Crippen LogP contribution in [0.4, 0.5) is 5.13 Å². The molecule has 1 aliphatic heterocycles. The summed E-state index contributed by atoms with van der Waals surface area (Å²) in [5, 5.41) is 13.1. The minimum absolute atomic E-state index is 0.00755. The van der Waals surface area contributed by atoms with Gasteiger partial charge < -0.3 is 9.84 Å². The van der Waals surface area contributed by atoms with Crippen LogP contribution in [0.1, 0.15) is 44.3 Å². The summed E-state index contributed by atoms with van der Waals surface area (Å²) >= 11 is 2.35. The maximum absolute atomic E-state index is 13.1. The first-order valence-electron chi connectivity index (χ1n) is 9.89. The molecule has 1 fully saturated rings. The van der Waals surface area contributed by atoms with E-state index in [0.717, 1.165) is 16.9 Å². The highest BCUT2D eigenvalue weighted by atomic mass is 32.1. The number of esters is 1. The van der Waals surface area contributed by atoms with Gasteiger partial charge in [0, 0.05) is 10.4 Å². The molecule has 3 heterocycles. The van der Waals surface area contributed by atoms with Crippen LogP contribution in [0, 0.1) is 13.8 Å². The normalized spacial score (nSPS) is 17.7. The van der Waals surface area contributed by atoms with E-state index in [-0.39, 0.29) is 27.9 Å². The van der Waals surface area contributed by atoms with Crippen molar-refractivity contribution in [1.82, 2.24) is 4.98 Å². The van der Waals surface area contributed by atoms with Crippen LogP contribution >= 0.6 is 22.7 Å². The van der Waals surface area contributed by atoms with Gasteiger partial charge in [-0.2, -0.15) is 0 Å². The number of thiophene rings is 1. The number of thiazole rings is 1. The van der Waals surface area contributed by atoms with Gasteiger partial charge in [0.25, 0.3) is 5.78 Å². The fraction of sp³-hybridized carbons (Fsp3) is 0.217. The largest absolute Gasteiger partial charge is 0.507 e. The van der Waals surface area contributed by atoms with Crippen molar-refractivity contribution in [2.45, 2.75) is 26.8 Å². The van der Waals surface area contributed by atoms with E-state index in [9.17, 15) is 19.5 Å². The zero-order valence-corrected chi connectivity index (χ0v) is 19.3. The number of Topliss-reactive ketones (excluding diaryl/α,β-unsaturated/α-hetero) is 1. The van der Waals surface area contributed by atoms with Gasteiger partial charge in [0.05, 0.1) is 17.9 Å². The predicted octanol–water partition coefficient (Wildman–Crippen LogP) is 4.62. The first-order chi connectivity index (χ1) is 15.3. The van der Waals surface area contributed by atoms with Gasteiger partial charge in [0.1, 0.15) is 16.7 Å². The van der Waals surface area contributed by atoms with E-state index in [1.165, 1.54) is 16.2 Å². The van der Waals surface area contributed by atoms with Gasteiger partial charge in [-0.3, -0.25) is 14.5 Å². The molecular formula is C23H20N2O5S2. The number of nitrogens with zero attached hydrogens (tertiary/aromatic N) is 2. The molecule has 0 radical (unpaired) electrons. The van der Waals surface area contributed by atoms with Gasteiger partial charge in [-0.25, -0.2) is 9.78 Å². The Balaban J connectivity index is 1.87. The third-order valence-corrected chi connectivity index (χ3v) is 7.10. The molecule has 1 atom stereocenters. The number of anilines is 1. The summed E-state index contributed by atoms with van der Waals surface area (Å²) in [4.78, 5) is 45.1. The van der Waals surface area contributed by atoms with Crippen molar-refractivity contribution in [2.75, 3.05) is 11.5 Å². The number of carbonyl (C=O) groups is 3. The molecule has 0 unspecified atom stereocenters. The first-order valence-corrected chi connectivity index (χ1v) is 11.6. The molecule has 1 N–H and O–H groups in total. The highest BCUT2D eigenvalue weighted by Crippen LogP contribution is 2.45. The quantitative estimate of drug-likeness (QED) is 0.254. The Morgan fingerprint density at radius 3 is 2.53 bits per heavy atom. The summed E-state index contributed by atoms with van der Waals surface area (Å²) in [7, 11) is 0. The fourth-order valence-electron chi connectivity index (χ4n) is 3.48. The van der Waals surface area contributed by atoms with Crippen molar-refractivity contribution in [2.24, 2.45) is 0 Å². The predicted molar refractivity (Wildman–Crippen MR) is 123 cm³/mol. The minimum Gasteiger partial charge on any atom is -0.507 e. The number of aromatic nitrogens is 1. The highest BCUT2D eigenvalue weighted by molar-refractivity contribution is 7.18. The summed E-state index contributed by atoms with van der Waals surface area (Å²) in [6.07, 6.45) is 0. The minimum atomic E-state index is -0.850. The molecule has 1 aromatic carbocycles. The fourth-order valence-corrected chi connectivity index (χ4v) is 5.30. The molecule has 2 aromatic heterocycles. The second kappa shape index (κ2) is 8.68. The third-order valence-electron chi connectivity index (χ3n) is 5.03. The number of carbonyl (C=O) groups excluding carboxylic acids is 3. The van der Waals surface area contributed by atoms with Crippen LogP contribution < -0.4 is 4.90 Å². The van der Waals surface area contributed by atoms with Crippen molar-refractivity contribution in [3.8, 4) is 0 Å². The number of benzene rings is 1. The van der Waals surface area contributed by atoms with Crippen LogP contribution in [0.3, 0.4) is 0 Å². The molecule has 0 spiro atoms. The molecule has 1 aliphatic rings. The lowest BCUT2D eigenvalue weighted by molar-refractivity contribution is -0.132. The SMILES string of the molecule is CCOC(=O)c1sc(N2C(=O)C(=O)C(=C(O)c3ccc(C)cc3)[C@@H]2c2cccs2)nc1C. The Morgan fingerprint density at radius 1 is 1.19 bits per heavy atom. The summed E-state index contributed by atoms with van der Waals surface area (Å²) in [6.45, 7) is 5.48. The first kappa shape index (κ1) is 21.9. The molecule has 0 bridgehead atoms. The molecule has 9 heteroatoms. The lowest BCUT2D eigenvalue weighted by Crippen LogP contribution is -2.29. The molecular weight excluding hydrogens is 448 g/mol. The molecule has 1 amide bonds. The average Bonchev–Trinajstić information content (AvgIpc) is 3.48. The van der Waals surface area contributed by atoms with E-state index < -0.39 is 23.7 Å². The van der Waals surface area contributed by atoms with Crippen molar-refractivity contribution >= 4 is 51.2 Å². The van der Waals surface area contributed by atoms with Crippen LogP contribution in [0.5, 0.6) is 0 Å².